The van der Waals surface area contributed by atoms with Crippen LogP contribution in [0.5, 0.6) is 0 Å². The molecule has 0 fully saturated rings. The molecule has 0 aliphatic carbocycles. The summed E-state index contributed by atoms with van der Waals surface area (Å²) in [5, 5.41) is 6.35. The first-order valence-corrected chi connectivity index (χ1v) is 7.30. The van der Waals surface area contributed by atoms with Gasteiger partial charge in [0.25, 0.3) is 5.91 Å². The van der Waals surface area contributed by atoms with Crippen LogP contribution in [0.4, 0.5) is 11.4 Å². The van der Waals surface area contributed by atoms with Crippen LogP contribution in [0.1, 0.15) is 32.6 Å². The molecule has 1 amide bonds. The number of halogens is 1. The summed E-state index contributed by atoms with van der Waals surface area (Å²) in [5.41, 5.74) is 7.31. The minimum Gasteiger partial charge on any atom is -0.384 e. The van der Waals surface area contributed by atoms with Crippen molar-refractivity contribution in [1.29, 1.82) is 0 Å². The highest BCUT2D eigenvalue weighted by molar-refractivity contribution is 6.06. The number of carbonyl (C=O) groups is 1. The quantitative estimate of drug-likeness (QED) is 0.869. The molecule has 22 heavy (non-hydrogen) atoms. The zero-order valence-corrected chi connectivity index (χ0v) is 13.9. The van der Waals surface area contributed by atoms with Gasteiger partial charge < -0.3 is 10.6 Å². The van der Waals surface area contributed by atoms with Gasteiger partial charge in [-0.3, -0.25) is 4.79 Å². The third-order valence-corrected chi connectivity index (χ3v) is 3.98. The third kappa shape index (κ3) is 3.09. The van der Waals surface area contributed by atoms with E-state index >= 15 is 0 Å². The molecular formula is C18H21ClN2O. The molecule has 2 N–H and O–H groups in total. The Kier molecular flexibility index (Phi) is 4.77. The highest BCUT2D eigenvalue weighted by Crippen LogP contribution is 2.26. The Labute approximate surface area is 137 Å². The van der Waals surface area contributed by atoms with Gasteiger partial charge >= 0.3 is 0 Å². The summed E-state index contributed by atoms with van der Waals surface area (Å²) in [5.74, 6) is -0.0316. The second kappa shape index (κ2) is 6.41. The average Bonchev–Trinajstić information content (AvgIpc) is 2.84. The van der Waals surface area contributed by atoms with Crippen LogP contribution in [0, 0.1) is 20.8 Å². The van der Waals surface area contributed by atoms with Gasteiger partial charge in [-0.25, -0.2) is 0 Å². The maximum atomic E-state index is 12.5. The first-order valence-electron chi connectivity index (χ1n) is 7.30. The van der Waals surface area contributed by atoms with E-state index in [1.807, 2.05) is 26.0 Å². The van der Waals surface area contributed by atoms with Crippen molar-refractivity contribution < 1.29 is 4.79 Å². The summed E-state index contributed by atoms with van der Waals surface area (Å²) in [4.78, 5) is 12.5. The number of carbonyl (C=O) groups excluding carboxylic acids is 1. The fourth-order valence-electron chi connectivity index (χ4n) is 3.11. The van der Waals surface area contributed by atoms with Crippen LogP contribution < -0.4 is 10.6 Å². The first kappa shape index (κ1) is 16.4. The van der Waals surface area contributed by atoms with Crippen molar-refractivity contribution in [2.45, 2.75) is 27.2 Å². The summed E-state index contributed by atoms with van der Waals surface area (Å²) >= 11 is 0. The first-order chi connectivity index (χ1) is 10.0. The van der Waals surface area contributed by atoms with E-state index in [1.165, 1.54) is 16.8 Å². The van der Waals surface area contributed by atoms with Crippen molar-refractivity contribution in [1.82, 2.24) is 0 Å². The smallest absolute Gasteiger partial charge is 0.256 e. The Balaban J connectivity index is 0.00000176. The lowest BCUT2D eigenvalue weighted by atomic mass is 9.99. The summed E-state index contributed by atoms with van der Waals surface area (Å²) in [7, 11) is 0. The van der Waals surface area contributed by atoms with Crippen molar-refractivity contribution in [3.05, 3.63) is 58.1 Å². The normalized spacial score (nSPS) is 12.1. The van der Waals surface area contributed by atoms with Gasteiger partial charge in [-0.15, -0.1) is 12.4 Å². The Morgan fingerprint density at radius 1 is 1.09 bits per heavy atom. The summed E-state index contributed by atoms with van der Waals surface area (Å²) in [6, 6.07) is 10.1. The molecule has 0 unspecified atom stereocenters. The molecule has 0 saturated carbocycles. The topological polar surface area (TPSA) is 41.1 Å². The minimum absolute atomic E-state index is 0. The Hall–Kier alpha value is -2.00. The predicted molar refractivity (Wildman–Crippen MR) is 94.5 cm³/mol. The number of hydrogen-bond acceptors (Lipinski definition) is 2. The number of hydrogen-bond donors (Lipinski definition) is 2. The van der Waals surface area contributed by atoms with E-state index in [1.54, 1.807) is 0 Å². The molecule has 0 radical (unpaired) electrons. The number of benzene rings is 2. The van der Waals surface area contributed by atoms with Gasteiger partial charge in [0.05, 0.1) is 0 Å². The summed E-state index contributed by atoms with van der Waals surface area (Å²) in [6.45, 7) is 7.00. The highest BCUT2D eigenvalue weighted by Gasteiger charge is 2.15. The van der Waals surface area contributed by atoms with Crippen molar-refractivity contribution in [2.75, 3.05) is 17.2 Å². The van der Waals surface area contributed by atoms with Gasteiger partial charge in [-0.05, 0) is 62.1 Å². The van der Waals surface area contributed by atoms with Gasteiger partial charge in [0.2, 0.25) is 0 Å². The van der Waals surface area contributed by atoms with Crippen LogP contribution in [0.3, 0.4) is 0 Å². The number of rotatable bonds is 2. The number of nitrogens with one attached hydrogen (secondary N) is 2. The lowest BCUT2D eigenvalue weighted by molar-refractivity contribution is 0.102. The third-order valence-electron chi connectivity index (χ3n) is 3.98. The second-order valence-electron chi connectivity index (χ2n) is 5.78. The molecule has 3 rings (SSSR count). The zero-order chi connectivity index (χ0) is 15.0. The Morgan fingerprint density at radius 2 is 1.77 bits per heavy atom. The maximum Gasteiger partial charge on any atom is 0.256 e. The molecule has 4 heteroatoms. The monoisotopic (exact) mass is 316 g/mol. The van der Waals surface area contributed by atoms with Gasteiger partial charge in [-0.2, -0.15) is 0 Å². The molecule has 0 bridgehead atoms. The highest BCUT2D eigenvalue weighted by atomic mass is 35.5. The maximum absolute atomic E-state index is 12.5. The molecule has 2 aromatic rings. The van der Waals surface area contributed by atoms with Gasteiger partial charge in [-0.1, -0.05) is 17.7 Å². The molecule has 2 aromatic carbocycles. The molecule has 1 aliphatic rings. The Bertz CT molecular complexity index is 702. The molecule has 0 saturated heterocycles. The summed E-state index contributed by atoms with van der Waals surface area (Å²) in [6.07, 6.45) is 1.02. The van der Waals surface area contributed by atoms with E-state index in [4.69, 9.17) is 0 Å². The van der Waals surface area contributed by atoms with Crippen LogP contribution in [-0.2, 0) is 6.42 Å². The lowest BCUT2D eigenvalue weighted by Gasteiger charge is -2.12. The lowest BCUT2D eigenvalue weighted by Crippen LogP contribution is -2.15. The molecule has 1 heterocycles. The van der Waals surface area contributed by atoms with Gasteiger partial charge in [0, 0.05) is 23.5 Å². The van der Waals surface area contributed by atoms with Crippen LogP contribution in [0.15, 0.2) is 30.3 Å². The van der Waals surface area contributed by atoms with Crippen molar-refractivity contribution in [3.63, 3.8) is 0 Å². The van der Waals surface area contributed by atoms with E-state index in [9.17, 15) is 4.79 Å². The van der Waals surface area contributed by atoms with Gasteiger partial charge in [0.15, 0.2) is 0 Å². The SMILES string of the molecule is Cc1cc(C)c(C(=O)Nc2ccc3c(c2)CCN3)c(C)c1.Cl. The molecule has 0 atom stereocenters. The fourth-order valence-corrected chi connectivity index (χ4v) is 3.11. The number of fused-ring (bicyclic) bond motifs is 1. The van der Waals surface area contributed by atoms with Gasteiger partial charge in [0.1, 0.15) is 0 Å². The van der Waals surface area contributed by atoms with E-state index in [0.717, 1.165) is 35.3 Å². The number of anilines is 2. The molecular weight excluding hydrogens is 296 g/mol. The number of amides is 1. The summed E-state index contributed by atoms with van der Waals surface area (Å²) < 4.78 is 0. The largest absolute Gasteiger partial charge is 0.384 e. The molecule has 1 aliphatic heterocycles. The standard InChI is InChI=1S/C18H20N2O.ClH/c1-11-8-12(2)17(13(3)9-11)18(21)20-15-4-5-16-14(10-15)6-7-19-16;/h4-5,8-10,19H,6-7H2,1-3H3,(H,20,21);1H. The van der Waals surface area contributed by atoms with Crippen LogP contribution >= 0.6 is 12.4 Å². The number of aryl methyl sites for hydroxylation is 3. The fraction of sp³-hybridized carbons (Fsp3) is 0.278. The van der Waals surface area contributed by atoms with Crippen molar-refractivity contribution >= 4 is 29.7 Å². The molecule has 0 spiro atoms. The molecule has 3 nitrogen and oxygen atoms in total. The Morgan fingerprint density at radius 3 is 2.45 bits per heavy atom. The van der Waals surface area contributed by atoms with E-state index < -0.39 is 0 Å². The van der Waals surface area contributed by atoms with Crippen LogP contribution in [0.25, 0.3) is 0 Å². The zero-order valence-electron chi connectivity index (χ0n) is 13.1. The average molecular weight is 317 g/mol. The van der Waals surface area contributed by atoms with Crippen LogP contribution in [0.2, 0.25) is 0 Å². The van der Waals surface area contributed by atoms with Crippen molar-refractivity contribution in [3.8, 4) is 0 Å². The van der Waals surface area contributed by atoms with Crippen LogP contribution in [-0.4, -0.2) is 12.5 Å². The minimum atomic E-state index is -0.0316. The van der Waals surface area contributed by atoms with E-state index in [-0.39, 0.29) is 18.3 Å². The predicted octanol–water partition coefficient (Wildman–Crippen LogP) is 4.25. The van der Waals surface area contributed by atoms with E-state index in [0.29, 0.717) is 0 Å². The van der Waals surface area contributed by atoms with Crippen molar-refractivity contribution in [2.24, 2.45) is 0 Å². The molecule has 0 aromatic heterocycles. The van der Waals surface area contributed by atoms with E-state index in [2.05, 4.69) is 35.8 Å². The second-order valence-corrected chi connectivity index (χ2v) is 5.78. The molecule has 116 valence electrons.